The normalized spacial score (nSPS) is 10.2. The molecular formula is C13H10F3N3O. The number of benzene rings is 1. The molecule has 2 rings (SSSR count). The van der Waals surface area contributed by atoms with Gasteiger partial charge in [0.25, 0.3) is 0 Å². The van der Waals surface area contributed by atoms with Crippen molar-refractivity contribution in [3.63, 3.8) is 0 Å². The van der Waals surface area contributed by atoms with Crippen LogP contribution in [0.5, 0.6) is 0 Å². The van der Waals surface area contributed by atoms with Crippen LogP contribution in [0.25, 0.3) is 0 Å². The number of hydrogen-bond acceptors (Lipinski definition) is 2. The number of anilines is 1. The Bertz CT molecular complexity index is 620. The molecule has 0 aliphatic heterocycles. The van der Waals surface area contributed by atoms with Crippen LogP contribution in [0, 0.1) is 17.5 Å². The van der Waals surface area contributed by atoms with Gasteiger partial charge in [0, 0.05) is 23.6 Å². The number of halogens is 3. The van der Waals surface area contributed by atoms with E-state index in [-0.39, 0.29) is 0 Å². The second kappa shape index (κ2) is 6.05. The largest absolute Gasteiger partial charge is 0.334 e. The van der Waals surface area contributed by atoms with Crippen LogP contribution in [0.2, 0.25) is 0 Å². The van der Waals surface area contributed by atoms with Gasteiger partial charge in [-0.3, -0.25) is 4.98 Å². The van der Waals surface area contributed by atoms with Gasteiger partial charge in [-0.15, -0.1) is 0 Å². The molecule has 1 heterocycles. The highest BCUT2D eigenvalue weighted by atomic mass is 19.2. The van der Waals surface area contributed by atoms with Crippen LogP contribution in [-0.2, 0) is 6.54 Å². The molecule has 0 unspecified atom stereocenters. The summed E-state index contributed by atoms with van der Waals surface area (Å²) in [5, 5.41) is 4.68. The van der Waals surface area contributed by atoms with Gasteiger partial charge in [-0.2, -0.15) is 0 Å². The minimum atomic E-state index is -1.31. The first-order valence-electron chi connectivity index (χ1n) is 5.65. The number of aromatic nitrogens is 1. The van der Waals surface area contributed by atoms with Crippen molar-refractivity contribution in [2.24, 2.45) is 0 Å². The maximum Gasteiger partial charge on any atom is 0.319 e. The fourth-order valence-electron chi connectivity index (χ4n) is 1.51. The maximum atomic E-state index is 13.3. The lowest BCUT2D eigenvalue weighted by Gasteiger charge is -2.09. The Labute approximate surface area is 112 Å². The van der Waals surface area contributed by atoms with Crippen LogP contribution >= 0.6 is 0 Å². The average molecular weight is 281 g/mol. The number of nitrogens with zero attached hydrogens (tertiary/aromatic N) is 1. The number of pyridine rings is 1. The number of amides is 2. The molecule has 0 fully saturated rings. The Hall–Kier alpha value is -2.57. The van der Waals surface area contributed by atoms with Gasteiger partial charge in [-0.05, 0) is 24.3 Å². The molecule has 20 heavy (non-hydrogen) atoms. The SMILES string of the molecule is O=C(NCc1c(F)ccc(F)c1F)Nc1ccncc1. The zero-order valence-corrected chi connectivity index (χ0v) is 10.2. The summed E-state index contributed by atoms with van der Waals surface area (Å²) in [6, 6.07) is 3.91. The van der Waals surface area contributed by atoms with Gasteiger partial charge in [0.15, 0.2) is 11.6 Å². The Morgan fingerprint density at radius 3 is 2.40 bits per heavy atom. The van der Waals surface area contributed by atoms with Gasteiger partial charge in [-0.25, -0.2) is 18.0 Å². The molecule has 0 aliphatic carbocycles. The number of hydrogen-bond donors (Lipinski definition) is 2. The molecule has 0 atom stereocenters. The van der Waals surface area contributed by atoms with E-state index in [1.807, 2.05) is 0 Å². The lowest BCUT2D eigenvalue weighted by Crippen LogP contribution is -2.29. The van der Waals surface area contributed by atoms with E-state index < -0.39 is 35.6 Å². The lowest BCUT2D eigenvalue weighted by molar-refractivity contribution is 0.251. The summed E-state index contributed by atoms with van der Waals surface area (Å²) in [6.45, 7) is -0.466. The molecular weight excluding hydrogens is 271 g/mol. The van der Waals surface area contributed by atoms with E-state index in [0.29, 0.717) is 11.8 Å². The van der Waals surface area contributed by atoms with Gasteiger partial charge >= 0.3 is 6.03 Å². The van der Waals surface area contributed by atoms with Crippen LogP contribution in [0.1, 0.15) is 5.56 Å². The highest BCUT2D eigenvalue weighted by Crippen LogP contribution is 2.15. The maximum absolute atomic E-state index is 13.3. The number of rotatable bonds is 3. The first kappa shape index (κ1) is 13.9. The molecule has 1 aromatic heterocycles. The molecule has 2 N–H and O–H groups in total. The average Bonchev–Trinajstić information content (AvgIpc) is 2.44. The highest BCUT2D eigenvalue weighted by Gasteiger charge is 2.14. The van der Waals surface area contributed by atoms with E-state index in [1.54, 1.807) is 12.1 Å². The third kappa shape index (κ3) is 3.25. The molecule has 7 heteroatoms. The van der Waals surface area contributed by atoms with Crippen molar-refractivity contribution in [3.05, 3.63) is 59.7 Å². The summed E-state index contributed by atoms with van der Waals surface area (Å²) in [4.78, 5) is 15.3. The van der Waals surface area contributed by atoms with Crippen molar-refractivity contribution >= 4 is 11.7 Å². The summed E-state index contributed by atoms with van der Waals surface area (Å²) < 4.78 is 39.6. The standard InChI is InChI=1S/C13H10F3N3O/c14-10-1-2-11(15)12(16)9(10)7-18-13(20)19-8-3-5-17-6-4-8/h1-6H,7H2,(H2,17,18,19,20). The molecule has 0 aliphatic rings. The zero-order valence-electron chi connectivity index (χ0n) is 10.2. The van der Waals surface area contributed by atoms with Crippen molar-refractivity contribution in [1.29, 1.82) is 0 Å². The predicted octanol–water partition coefficient (Wildman–Crippen LogP) is 2.82. The van der Waals surface area contributed by atoms with Crippen LogP contribution < -0.4 is 10.6 Å². The van der Waals surface area contributed by atoms with Crippen LogP contribution in [0.4, 0.5) is 23.7 Å². The topological polar surface area (TPSA) is 54.0 Å². The highest BCUT2D eigenvalue weighted by molar-refractivity contribution is 5.89. The summed E-state index contributed by atoms with van der Waals surface area (Å²) in [6.07, 6.45) is 2.95. The van der Waals surface area contributed by atoms with Crippen molar-refractivity contribution in [3.8, 4) is 0 Å². The molecule has 0 spiro atoms. The van der Waals surface area contributed by atoms with E-state index in [1.165, 1.54) is 12.4 Å². The summed E-state index contributed by atoms with van der Waals surface area (Å²) in [7, 11) is 0. The van der Waals surface area contributed by atoms with Crippen molar-refractivity contribution < 1.29 is 18.0 Å². The van der Waals surface area contributed by atoms with Gasteiger partial charge < -0.3 is 10.6 Å². The monoisotopic (exact) mass is 281 g/mol. The Kier molecular flexibility index (Phi) is 4.19. The van der Waals surface area contributed by atoms with E-state index in [2.05, 4.69) is 15.6 Å². The van der Waals surface area contributed by atoms with Crippen molar-refractivity contribution in [2.45, 2.75) is 6.54 Å². The van der Waals surface area contributed by atoms with E-state index in [9.17, 15) is 18.0 Å². The Morgan fingerprint density at radius 1 is 1.05 bits per heavy atom. The second-order valence-electron chi connectivity index (χ2n) is 3.87. The Balaban J connectivity index is 1.99. The minimum Gasteiger partial charge on any atom is -0.334 e. The minimum absolute atomic E-state index is 0.466. The first-order valence-corrected chi connectivity index (χ1v) is 5.65. The molecule has 104 valence electrons. The number of nitrogens with one attached hydrogen (secondary N) is 2. The van der Waals surface area contributed by atoms with Gasteiger partial charge in [0.2, 0.25) is 0 Å². The van der Waals surface area contributed by atoms with Crippen LogP contribution in [0.3, 0.4) is 0 Å². The van der Waals surface area contributed by atoms with Gasteiger partial charge in [0.05, 0.1) is 6.54 Å². The molecule has 2 aromatic rings. The lowest BCUT2D eigenvalue weighted by atomic mass is 10.2. The van der Waals surface area contributed by atoms with Gasteiger partial charge in [0.1, 0.15) is 5.82 Å². The third-order valence-electron chi connectivity index (χ3n) is 2.50. The molecule has 1 aromatic carbocycles. The third-order valence-corrected chi connectivity index (χ3v) is 2.50. The van der Waals surface area contributed by atoms with E-state index in [0.717, 1.165) is 6.07 Å². The number of carbonyl (C=O) groups excluding carboxylic acids is 1. The number of carbonyl (C=O) groups is 1. The van der Waals surface area contributed by atoms with E-state index >= 15 is 0 Å². The summed E-state index contributed by atoms with van der Waals surface area (Å²) in [5.74, 6) is -3.40. The molecule has 0 saturated heterocycles. The summed E-state index contributed by atoms with van der Waals surface area (Å²) >= 11 is 0. The quantitative estimate of drug-likeness (QED) is 0.850. The molecule has 0 radical (unpaired) electrons. The molecule has 4 nitrogen and oxygen atoms in total. The smallest absolute Gasteiger partial charge is 0.319 e. The molecule has 2 amide bonds. The summed E-state index contributed by atoms with van der Waals surface area (Å²) in [5.41, 5.74) is -0.0624. The van der Waals surface area contributed by atoms with E-state index in [4.69, 9.17) is 0 Å². The molecule has 0 bridgehead atoms. The Morgan fingerprint density at radius 2 is 1.70 bits per heavy atom. The van der Waals surface area contributed by atoms with Crippen molar-refractivity contribution in [2.75, 3.05) is 5.32 Å². The second-order valence-corrected chi connectivity index (χ2v) is 3.87. The van der Waals surface area contributed by atoms with Crippen LogP contribution in [-0.4, -0.2) is 11.0 Å². The van der Waals surface area contributed by atoms with Crippen molar-refractivity contribution in [1.82, 2.24) is 10.3 Å². The molecule has 0 saturated carbocycles. The number of urea groups is 1. The van der Waals surface area contributed by atoms with Crippen LogP contribution in [0.15, 0.2) is 36.7 Å². The first-order chi connectivity index (χ1) is 9.58. The fraction of sp³-hybridized carbons (Fsp3) is 0.0769. The van der Waals surface area contributed by atoms with Gasteiger partial charge in [-0.1, -0.05) is 0 Å². The predicted molar refractivity (Wildman–Crippen MR) is 66.4 cm³/mol. The fourth-order valence-corrected chi connectivity index (χ4v) is 1.51. The zero-order chi connectivity index (χ0) is 14.5.